The molecule has 3 rings (SSSR count). The number of benzene rings is 3. The van der Waals surface area contributed by atoms with Crippen molar-refractivity contribution in [2.45, 2.75) is 16.7 Å². The van der Waals surface area contributed by atoms with Gasteiger partial charge in [0.25, 0.3) is 15.9 Å². The zero-order chi connectivity index (χ0) is 24.7. The molecular weight excluding hydrogens is 474 g/mol. The van der Waals surface area contributed by atoms with E-state index in [1.807, 2.05) is 13.2 Å². The fraction of sp³-hybridized carbons (Fsp3) is 0.125. The van der Waals surface area contributed by atoms with Crippen molar-refractivity contribution < 1.29 is 23.1 Å². The minimum atomic E-state index is -4.05. The molecule has 0 aliphatic heterocycles. The van der Waals surface area contributed by atoms with Crippen LogP contribution in [0.25, 0.3) is 0 Å². The van der Waals surface area contributed by atoms with Crippen LogP contribution in [0.1, 0.15) is 21.5 Å². The number of carboxylic acids is 1. The zero-order valence-electron chi connectivity index (χ0n) is 18.5. The summed E-state index contributed by atoms with van der Waals surface area (Å²) in [5, 5.41) is 13.1. The molecule has 0 aliphatic rings. The quantitative estimate of drug-likeness (QED) is 0.264. The number of nitrogens with one attached hydrogen (secondary N) is 1. The Morgan fingerprint density at radius 3 is 2.29 bits per heavy atom. The van der Waals surface area contributed by atoms with Crippen molar-refractivity contribution in [3.8, 4) is 0 Å². The van der Waals surface area contributed by atoms with Crippen molar-refractivity contribution in [1.29, 1.82) is 0 Å². The highest BCUT2D eigenvalue weighted by atomic mass is 32.2. The number of carbonyl (C=O) groups excluding carboxylic acids is 1. The van der Waals surface area contributed by atoms with E-state index in [9.17, 15) is 23.1 Å². The Hall–Kier alpha value is -3.63. The lowest BCUT2D eigenvalue weighted by molar-refractivity contribution is -0.119. The first-order chi connectivity index (χ1) is 16.2. The van der Waals surface area contributed by atoms with Crippen molar-refractivity contribution in [1.82, 2.24) is 5.43 Å². The number of hydrogen-bond acceptors (Lipinski definition) is 6. The summed E-state index contributed by atoms with van der Waals surface area (Å²) >= 11 is 1.49. The van der Waals surface area contributed by atoms with Gasteiger partial charge in [0.15, 0.2) is 0 Å². The van der Waals surface area contributed by atoms with Crippen LogP contribution in [0.15, 0.2) is 87.7 Å². The van der Waals surface area contributed by atoms with E-state index in [1.165, 1.54) is 36.2 Å². The molecule has 0 saturated heterocycles. The first-order valence-electron chi connectivity index (χ1n) is 10.1. The number of carbonyl (C=O) groups is 2. The third-order valence-corrected chi connectivity index (χ3v) is 7.37. The number of sulfonamides is 1. The summed E-state index contributed by atoms with van der Waals surface area (Å²) in [4.78, 5) is 24.9. The van der Waals surface area contributed by atoms with Crippen molar-refractivity contribution in [2.24, 2.45) is 5.10 Å². The molecular formula is C24H23N3O5S2. The summed E-state index contributed by atoms with van der Waals surface area (Å²) in [6, 6.07) is 19.4. The third kappa shape index (κ3) is 6.03. The average molecular weight is 498 g/mol. The largest absolute Gasteiger partial charge is 0.478 e. The lowest BCUT2D eigenvalue weighted by atomic mass is 10.1. The van der Waals surface area contributed by atoms with E-state index in [0.717, 1.165) is 14.8 Å². The van der Waals surface area contributed by atoms with Crippen LogP contribution in [0, 0.1) is 6.92 Å². The molecule has 0 bridgehead atoms. The van der Waals surface area contributed by atoms with Gasteiger partial charge in [-0.05, 0) is 55.6 Å². The molecule has 0 fully saturated rings. The number of nitrogens with zero attached hydrogens (tertiary/aromatic N) is 2. The number of hydrazone groups is 1. The predicted molar refractivity (Wildman–Crippen MR) is 133 cm³/mol. The lowest BCUT2D eigenvalue weighted by Crippen LogP contribution is -2.39. The normalized spacial score (nSPS) is 11.4. The minimum absolute atomic E-state index is 0.0260. The Morgan fingerprint density at radius 1 is 1.03 bits per heavy atom. The summed E-state index contributed by atoms with van der Waals surface area (Å²) in [6.07, 6.45) is 3.09. The molecule has 0 heterocycles. The molecule has 0 saturated carbocycles. The monoisotopic (exact) mass is 497 g/mol. The van der Waals surface area contributed by atoms with E-state index in [1.54, 1.807) is 54.6 Å². The second-order valence-electron chi connectivity index (χ2n) is 7.21. The third-order valence-electron chi connectivity index (χ3n) is 4.84. The van der Waals surface area contributed by atoms with E-state index >= 15 is 0 Å². The maximum atomic E-state index is 13.4. The fourth-order valence-electron chi connectivity index (χ4n) is 3.04. The highest BCUT2D eigenvalue weighted by molar-refractivity contribution is 7.98. The number of anilines is 1. The Labute approximate surface area is 202 Å². The van der Waals surface area contributed by atoms with Crippen LogP contribution in [0.3, 0.4) is 0 Å². The summed E-state index contributed by atoms with van der Waals surface area (Å²) in [5.41, 5.74) is 3.87. The summed E-state index contributed by atoms with van der Waals surface area (Å²) in [7, 11) is -4.05. The van der Waals surface area contributed by atoms with Gasteiger partial charge in [-0.2, -0.15) is 5.10 Å². The second kappa shape index (κ2) is 11.0. The van der Waals surface area contributed by atoms with Gasteiger partial charge in [0, 0.05) is 10.5 Å². The maximum Gasteiger partial charge on any atom is 0.336 e. The number of aromatic carboxylic acids is 1. The number of rotatable bonds is 9. The van der Waals surface area contributed by atoms with Crippen LogP contribution in [0.2, 0.25) is 0 Å². The highest BCUT2D eigenvalue weighted by Crippen LogP contribution is 2.25. The van der Waals surface area contributed by atoms with Crippen LogP contribution in [0.4, 0.5) is 5.69 Å². The van der Waals surface area contributed by atoms with Crippen molar-refractivity contribution in [2.75, 3.05) is 17.1 Å². The number of aryl methyl sites for hydroxylation is 1. The molecule has 0 unspecified atom stereocenters. The predicted octanol–water partition coefficient (Wildman–Crippen LogP) is 3.76. The number of carboxylic acid groups (broad SMARTS) is 1. The van der Waals surface area contributed by atoms with E-state index in [0.29, 0.717) is 11.3 Å². The van der Waals surface area contributed by atoms with E-state index in [-0.39, 0.29) is 10.5 Å². The van der Waals surface area contributed by atoms with Crippen molar-refractivity contribution in [3.63, 3.8) is 0 Å². The van der Waals surface area contributed by atoms with Gasteiger partial charge in [0.2, 0.25) is 0 Å². The number of thioether (sulfide) groups is 1. The van der Waals surface area contributed by atoms with Gasteiger partial charge in [0.05, 0.1) is 22.4 Å². The molecule has 1 amide bonds. The summed E-state index contributed by atoms with van der Waals surface area (Å²) in [6.45, 7) is 1.35. The average Bonchev–Trinajstić information content (AvgIpc) is 2.83. The van der Waals surface area contributed by atoms with Gasteiger partial charge in [-0.3, -0.25) is 9.10 Å². The molecule has 34 heavy (non-hydrogen) atoms. The molecule has 0 aliphatic carbocycles. The molecule has 10 heteroatoms. The molecule has 176 valence electrons. The van der Waals surface area contributed by atoms with Gasteiger partial charge in [0.1, 0.15) is 6.54 Å². The highest BCUT2D eigenvalue weighted by Gasteiger charge is 2.27. The Morgan fingerprint density at radius 2 is 1.68 bits per heavy atom. The molecule has 0 aromatic heterocycles. The van der Waals surface area contributed by atoms with Crippen LogP contribution < -0.4 is 9.73 Å². The van der Waals surface area contributed by atoms with Gasteiger partial charge >= 0.3 is 5.97 Å². The smallest absolute Gasteiger partial charge is 0.336 e. The first kappa shape index (κ1) is 25.0. The molecule has 0 spiro atoms. The van der Waals surface area contributed by atoms with Crippen molar-refractivity contribution in [3.05, 3.63) is 89.5 Å². The summed E-state index contributed by atoms with van der Waals surface area (Å²) in [5.74, 6) is -1.81. The lowest BCUT2D eigenvalue weighted by Gasteiger charge is -2.24. The van der Waals surface area contributed by atoms with Crippen LogP contribution in [-0.4, -0.2) is 44.4 Å². The van der Waals surface area contributed by atoms with Crippen LogP contribution in [-0.2, 0) is 14.8 Å². The standard InChI is InChI=1S/C24H23N3O5S2/c1-17-7-9-19(10-8-17)27(34(31,32)21-13-11-20(33-2)12-14-21)16-23(28)26-25-15-18-5-3-4-6-22(18)24(29)30/h3-15H,16H2,1-2H3,(H,26,28)(H,29,30)/b25-15-. The van der Waals surface area contributed by atoms with Crippen LogP contribution >= 0.6 is 11.8 Å². The van der Waals surface area contributed by atoms with Gasteiger partial charge < -0.3 is 5.11 Å². The van der Waals surface area contributed by atoms with Gasteiger partial charge in [-0.15, -0.1) is 11.8 Å². The molecule has 0 atom stereocenters. The Kier molecular flexibility index (Phi) is 8.08. The Bertz CT molecular complexity index is 1310. The molecule has 3 aromatic rings. The first-order valence-corrected chi connectivity index (χ1v) is 12.8. The van der Waals surface area contributed by atoms with E-state index in [2.05, 4.69) is 10.5 Å². The molecule has 2 N–H and O–H groups in total. The summed E-state index contributed by atoms with van der Waals surface area (Å²) < 4.78 is 27.8. The maximum absolute atomic E-state index is 13.4. The second-order valence-corrected chi connectivity index (χ2v) is 9.95. The fourth-order valence-corrected chi connectivity index (χ4v) is 4.87. The van der Waals surface area contributed by atoms with Crippen molar-refractivity contribution >= 4 is 45.6 Å². The van der Waals surface area contributed by atoms with Gasteiger partial charge in [-0.1, -0.05) is 35.9 Å². The molecule has 8 nitrogen and oxygen atoms in total. The van der Waals surface area contributed by atoms with E-state index in [4.69, 9.17) is 0 Å². The van der Waals surface area contributed by atoms with Crippen LogP contribution in [0.5, 0.6) is 0 Å². The topological polar surface area (TPSA) is 116 Å². The number of hydrogen-bond donors (Lipinski definition) is 2. The molecule has 0 radical (unpaired) electrons. The number of amides is 1. The molecule has 3 aromatic carbocycles. The minimum Gasteiger partial charge on any atom is -0.478 e. The van der Waals surface area contributed by atoms with E-state index < -0.39 is 28.4 Å². The van der Waals surface area contributed by atoms with Gasteiger partial charge in [-0.25, -0.2) is 18.6 Å². The Balaban J connectivity index is 1.85. The SMILES string of the molecule is CSc1ccc(S(=O)(=O)N(CC(=O)N/N=C\c2ccccc2C(=O)O)c2ccc(C)cc2)cc1. The zero-order valence-corrected chi connectivity index (χ0v) is 20.1.